The Morgan fingerprint density at radius 3 is 0.608 bits per heavy atom. The number of carbonyl (C=O) groups excluding carboxylic acids is 4. The minimum Gasteiger partial charge on any atom is -0.462 e. The minimum absolute atomic E-state index is 0.105. The van der Waals surface area contributed by atoms with Crippen LogP contribution >= 0.6 is 15.6 Å². The molecule has 0 aromatic carbocycles. The van der Waals surface area contributed by atoms with Crippen LogP contribution in [0.3, 0.4) is 0 Å². The van der Waals surface area contributed by atoms with Crippen molar-refractivity contribution in [2.24, 2.45) is 23.7 Å². The minimum atomic E-state index is -4.96. The monoisotopic (exact) mass is 1490 g/mol. The summed E-state index contributed by atoms with van der Waals surface area (Å²) in [5, 5.41) is 10.7. The van der Waals surface area contributed by atoms with E-state index in [2.05, 4.69) is 55.4 Å². The number of hydrogen-bond donors (Lipinski definition) is 3. The van der Waals surface area contributed by atoms with Crippen LogP contribution in [0.5, 0.6) is 0 Å². The summed E-state index contributed by atoms with van der Waals surface area (Å²) in [4.78, 5) is 73.1. The smallest absolute Gasteiger partial charge is 0.462 e. The van der Waals surface area contributed by atoms with E-state index < -0.39 is 97.5 Å². The molecule has 0 rings (SSSR count). The number of aliphatic hydroxyl groups is 1. The van der Waals surface area contributed by atoms with Gasteiger partial charge in [-0.15, -0.1) is 0 Å². The third-order valence-electron chi connectivity index (χ3n) is 19.3. The Kier molecular flexibility index (Phi) is 70.6. The SMILES string of the molecule is CC(C)CCCCCCCCCCCCCCCCCCCCC(=O)O[C@H](COC(=O)CCCCCCCCCCCCCCCCC(C)C)COP(=O)(O)OCC(O)COP(=O)(O)OC[C@@H](COC(=O)CCCCCCCCCCC(C)C)OC(=O)CCCCCCCCCCCCC(C)C. The number of esters is 4. The summed E-state index contributed by atoms with van der Waals surface area (Å²) in [6.07, 6.45) is 59.8. The quantitative estimate of drug-likeness (QED) is 0.0222. The van der Waals surface area contributed by atoms with E-state index in [0.717, 1.165) is 114 Å². The van der Waals surface area contributed by atoms with Crippen LogP contribution in [0.2, 0.25) is 0 Å². The second-order valence-electron chi connectivity index (χ2n) is 31.8. The number of carbonyl (C=O) groups is 4. The summed E-state index contributed by atoms with van der Waals surface area (Å²) in [6.45, 7) is 14.3. The third kappa shape index (κ3) is 76.3. The largest absolute Gasteiger partial charge is 0.472 e. The number of phosphoric acid groups is 2. The van der Waals surface area contributed by atoms with E-state index in [-0.39, 0.29) is 25.7 Å². The molecule has 0 radical (unpaired) electrons. The van der Waals surface area contributed by atoms with Crippen LogP contribution in [0.4, 0.5) is 0 Å². The van der Waals surface area contributed by atoms with Crippen molar-refractivity contribution in [3.63, 3.8) is 0 Å². The molecule has 0 aliphatic heterocycles. The van der Waals surface area contributed by atoms with Crippen molar-refractivity contribution < 1.29 is 80.2 Å². The van der Waals surface area contributed by atoms with E-state index in [4.69, 9.17) is 37.0 Å². The molecule has 5 atom stereocenters. The fourth-order valence-electron chi connectivity index (χ4n) is 12.8. The lowest BCUT2D eigenvalue weighted by atomic mass is 10.0. The molecule has 606 valence electrons. The van der Waals surface area contributed by atoms with Gasteiger partial charge < -0.3 is 33.8 Å². The zero-order valence-corrected chi connectivity index (χ0v) is 69.0. The molecule has 0 amide bonds. The van der Waals surface area contributed by atoms with Gasteiger partial charge in [-0.1, -0.05) is 376 Å². The van der Waals surface area contributed by atoms with Crippen LogP contribution in [0.15, 0.2) is 0 Å². The molecule has 0 fully saturated rings. The van der Waals surface area contributed by atoms with E-state index in [1.165, 1.54) is 231 Å². The molecule has 3 unspecified atom stereocenters. The summed E-state index contributed by atoms with van der Waals surface area (Å²) in [6, 6.07) is 0. The maximum atomic E-state index is 13.1. The molecule has 0 heterocycles. The standard InChI is InChI=1S/C83H162O17P2/c1-73(2)59-51-43-35-27-21-17-13-11-9-10-12-14-20-24-31-41-49-57-65-82(87)99-78(69-93-80(85)63-55-47-39-30-23-19-16-15-18-22-28-36-44-52-60-74(3)4)71-97-101(89,90)95-67-77(84)68-96-102(91,92)98-72-79(70-94-81(86)64-56-48-40-34-33-38-46-54-62-76(7)8)100-83(88)66-58-50-42-32-26-25-29-37-45-53-61-75(5)6/h73-79,84H,9-72H2,1-8H3,(H,89,90)(H,91,92)/t77?,78-,79-/m1/s1. The first kappa shape index (κ1) is 100. The molecule has 0 aliphatic carbocycles. The first-order chi connectivity index (χ1) is 49.1. The summed E-state index contributed by atoms with van der Waals surface area (Å²) in [5.74, 6) is 0.986. The van der Waals surface area contributed by atoms with E-state index >= 15 is 0 Å². The first-order valence-corrected chi connectivity index (χ1v) is 45.7. The molecule has 3 N–H and O–H groups in total. The third-order valence-corrected chi connectivity index (χ3v) is 21.2. The Balaban J connectivity index is 5.24. The van der Waals surface area contributed by atoms with E-state index in [0.29, 0.717) is 25.7 Å². The molecule has 17 nitrogen and oxygen atoms in total. The Morgan fingerprint density at radius 1 is 0.245 bits per heavy atom. The fraction of sp³-hybridized carbons (Fsp3) is 0.952. The van der Waals surface area contributed by atoms with Crippen LogP contribution in [-0.2, 0) is 65.4 Å². The van der Waals surface area contributed by atoms with Crippen LogP contribution in [0, 0.1) is 23.7 Å². The number of hydrogen-bond acceptors (Lipinski definition) is 15. The highest BCUT2D eigenvalue weighted by Crippen LogP contribution is 2.45. The maximum Gasteiger partial charge on any atom is 0.472 e. The number of aliphatic hydroxyl groups excluding tert-OH is 1. The lowest BCUT2D eigenvalue weighted by molar-refractivity contribution is -0.161. The molecule has 19 heteroatoms. The summed E-state index contributed by atoms with van der Waals surface area (Å²) >= 11 is 0. The molecular formula is C83H162O17P2. The lowest BCUT2D eigenvalue weighted by Gasteiger charge is -2.21. The second-order valence-corrected chi connectivity index (χ2v) is 34.7. The van der Waals surface area contributed by atoms with Gasteiger partial charge >= 0.3 is 39.5 Å². The topological polar surface area (TPSA) is 237 Å². The molecule has 0 aromatic rings. The van der Waals surface area contributed by atoms with Crippen LogP contribution in [-0.4, -0.2) is 96.7 Å². The Labute approximate surface area is 626 Å². The zero-order valence-electron chi connectivity index (χ0n) is 67.2. The normalized spacial score (nSPS) is 14.0. The van der Waals surface area contributed by atoms with Crippen molar-refractivity contribution in [2.45, 2.75) is 446 Å². The second kappa shape index (κ2) is 72.0. The van der Waals surface area contributed by atoms with Crippen molar-refractivity contribution >= 4 is 39.5 Å². The van der Waals surface area contributed by atoms with Crippen LogP contribution in [0.1, 0.15) is 428 Å². The van der Waals surface area contributed by atoms with E-state index in [9.17, 15) is 43.2 Å². The van der Waals surface area contributed by atoms with Gasteiger partial charge in [0.25, 0.3) is 0 Å². The van der Waals surface area contributed by atoms with Gasteiger partial charge in [-0.05, 0) is 49.4 Å². The first-order valence-electron chi connectivity index (χ1n) is 42.7. The van der Waals surface area contributed by atoms with Gasteiger partial charge in [0.05, 0.1) is 26.4 Å². The predicted molar refractivity (Wildman–Crippen MR) is 418 cm³/mol. The van der Waals surface area contributed by atoms with E-state index in [1.807, 2.05) is 0 Å². The van der Waals surface area contributed by atoms with Gasteiger partial charge in [0.15, 0.2) is 12.2 Å². The Morgan fingerprint density at radius 2 is 0.412 bits per heavy atom. The molecule has 0 aliphatic rings. The molecule has 0 aromatic heterocycles. The van der Waals surface area contributed by atoms with Crippen LogP contribution < -0.4 is 0 Å². The van der Waals surface area contributed by atoms with Gasteiger partial charge in [0.2, 0.25) is 0 Å². The van der Waals surface area contributed by atoms with Gasteiger partial charge in [-0.25, -0.2) is 9.13 Å². The van der Waals surface area contributed by atoms with Crippen LogP contribution in [0.25, 0.3) is 0 Å². The summed E-state index contributed by atoms with van der Waals surface area (Å²) < 4.78 is 68.8. The van der Waals surface area contributed by atoms with Crippen molar-refractivity contribution in [1.29, 1.82) is 0 Å². The molecule has 0 saturated carbocycles. The number of unbranched alkanes of at least 4 members (excludes halogenated alkanes) is 46. The maximum absolute atomic E-state index is 13.1. The average Bonchev–Trinajstić information content (AvgIpc) is 1.00. The predicted octanol–water partition coefficient (Wildman–Crippen LogP) is 24.8. The van der Waals surface area contributed by atoms with Crippen molar-refractivity contribution in [3.8, 4) is 0 Å². The highest BCUT2D eigenvalue weighted by atomic mass is 31.2. The highest BCUT2D eigenvalue weighted by molar-refractivity contribution is 7.47. The fourth-order valence-corrected chi connectivity index (χ4v) is 14.4. The molecule has 0 bridgehead atoms. The van der Waals surface area contributed by atoms with Gasteiger partial charge in [-0.2, -0.15) is 0 Å². The number of phosphoric ester groups is 2. The van der Waals surface area contributed by atoms with Gasteiger partial charge in [0.1, 0.15) is 19.3 Å². The lowest BCUT2D eigenvalue weighted by Crippen LogP contribution is -2.30. The van der Waals surface area contributed by atoms with Crippen molar-refractivity contribution in [2.75, 3.05) is 39.6 Å². The number of ether oxygens (including phenoxy) is 4. The Hall–Kier alpha value is -1.94. The summed E-state index contributed by atoms with van der Waals surface area (Å²) in [5.41, 5.74) is 0. The van der Waals surface area contributed by atoms with E-state index in [1.54, 1.807) is 0 Å². The van der Waals surface area contributed by atoms with Gasteiger partial charge in [0, 0.05) is 25.7 Å². The molecule has 102 heavy (non-hydrogen) atoms. The molecule has 0 saturated heterocycles. The zero-order chi connectivity index (χ0) is 75.3. The molecule has 0 spiro atoms. The Bertz CT molecular complexity index is 1990. The van der Waals surface area contributed by atoms with Crippen molar-refractivity contribution in [3.05, 3.63) is 0 Å². The summed E-state index contributed by atoms with van der Waals surface area (Å²) in [7, 11) is -9.92. The number of rotatable bonds is 80. The average molecular weight is 1490 g/mol. The highest BCUT2D eigenvalue weighted by Gasteiger charge is 2.30. The molecular weight excluding hydrogens is 1330 g/mol. The van der Waals surface area contributed by atoms with Gasteiger partial charge in [-0.3, -0.25) is 37.3 Å². The van der Waals surface area contributed by atoms with Crippen molar-refractivity contribution in [1.82, 2.24) is 0 Å².